The molecule has 0 saturated carbocycles. The zero-order chi connectivity index (χ0) is 12.7. The van der Waals surface area contributed by atoms with Gasteiger partial charge in [0.15, 0.2) is 0 Å². The average Bonchev–Trinajstić information content (AvgIpc) is 2.25. The fraction of sp³-hybridized carbons (Fsp3) is 0.600. The summed E-state index contributed by atoms with van der Waals surface area (Å²) in [6.45, 7) is 3.27. The Morgan fingerprint density at radius 3 is 2.29 bits per heavy atom. The van der Waals surface area contributed by atoms with E-state index in [9.17, 15) is 8.42 Å². The van der Waals surface area contributed by atoms with Gasteiger partial charge in [-0.1, -0.05) is 6.92 Å². The molecule has 6 nitrogen and oxygen atoms in total. The van der Waals surface area contributed by atoms with Crippen LogP contribution in [0.25, 0.3) is 0 Å². The van der Waals surface area contributed by atoms with Gasteiger partial charge in [0.2, 0.25) is 0 Å². The van der Waals surface area contributed by atoms with Crippen molar-refractivity contribution in [1.82, 2.24) is 9.97 Å². The van der Waals surface area contributed by atoms with Crippen LogP contribution in [0, 0.1) is 0 Å². The second kappa shape index (κ2) is 6.39. The molecule has 0 fully saturated rings. The number of nitrogens with zero attached hydrogens (tertiary/aromatic N) is 2. The van der Waals surface area contributed by atoms with Crippen LogP contribution in [0.4, 0.5) is 11.6 Å². The number of aromatic nitrogens is 2. The summed E-state index contributed by atoms with van der Waals surface area (Å²) in [6, 6.07) is 1.76. The van der Waals surface area contributed by atoms with Crippen LogP contribution in [0.5, 0.6) is 0 Å². The van der Waals surface area contributed by atoms with Crippen LogP contribution >= 0.6 is 0 Å². The second-order valence-corrected chi connectivity index (χ2v) is 6.03. The van der Waals surface area contributed by atoms with Gasteiger partial charge in [0.25, 0.3) is 0 Å². The fourth-order valence-corrected chi connectivity index (χ4v) is 1.64. The Bertz CT molecular complexity index is 447. The molecule has 1 heterocycles. The lowest BCUT2D eigenvalue weighted by molar-refractivity contribution is 0.602. The molecule has 1 aromatic heterocycles. The quantitative estimate of drug-likeness (QED) is 0.751. The molecule has 17 heavy (non-hydrogen) atoms. The molecule has 96 valence electrons. The zero-order valence-corrected chi connectivity index (χ0v) is 10.9. The van der Waals surface area contributed by atoms with E-state index in [-0.39, 0.29) is 5.75 Å². The first-order chi connectivity index (χ1) is 8.01. The van der Waals surface area contributed by atoms with Crippen LogP contribution in [0.2, 0.25) is 0 Å². The zero-order valence-electron chi connectivity index (χ0n) is 10.1. The minimum absolute atomic E-state index is 0.0920. The first-order valence-corrected chi connectivity index (χ1v) is 7.55. The SMILES string of the molecule is CCCNc1cc(NCCS(C)(=O)=O)ncn1. The van der Waals surface area contributed by atoms with E-state index in [2.05, 4.69) is 27.5 Å². The second-order valence-electron chi connectivity index (χ2n) is 3.77. The minimum atomic E-state index is -2.94. The number of sulfone groups is 1. The first kappa shape index (κ1) is 13.7. The van der Waals surface area contributed by atoms with Crippen LogP contribution in [-0.4, -0.2) is 43.5 Å². The van der Waals surface area contributed by atoms with Crippen LogP contribution < -0.4 is 10.6 Å². The maximum atomic E-state index is 10.9. The highest BCUT2D eigenvalue weighted by Gasteiger charge is 2.02. The van der Waals surface area contributed by atoms with Crippen LogP contribution in [-0.2, 0) is 9.84 Å². The van der Waals surface area contributed by atoms with Crippen molar-refractivity contribution < 1.29 is 8.42 Å². The lowest BCUT2D eigenvalue weighted by atomic mass is 10.4. The van der Waals surface area contributed by atoms with E-state index >= 15 is 0 Å². The fourth-order valence-electron chi connectivity index (χ4n) is 1.17. The summed E-state index contributed by atoms with van der Waals surface area (Å²) in [7, 11) is -2.94. The summed E-state index contributed by atoms with van der Waals surface area (Å²) >= 11 is 0. The lowest BCUT2D eigenvalue weighted by Gasteiger charge is -2.07. The molecule has 0 spiro atoms. The van der Waals surface area contributed by atoms with E-state index in [0.717, 1.165) is 18.8 Å². The highest BCUT2D eigenvalue weighted by atomic mass is 32.2. The van der Waals surface area contributed by atoms with Gasteiger partial charge >= 0.3 is 0 Å². The molecule has 0 aliphatic rings. The summed E-state index contributed by atoms with van der Waals surface area (Å²) < 4.78 is 21.9. The number of hydrogen-bond acceptors (Lipinski definition) is 6. The molecule has 0 bridgehead atoms. The number of hydrogen-bond donors (Lipinski definition) is 2. The Kier molecular flexibility index (Phi) is 5.14. The Balaban J connectivity index is 2.48. The maximum Gasteiger partial charge on any atom is 0.149 e. The molecule has 0 saturated heterocycles. The first-order valence-electron chi connectivity index (χ1n) is 5.49. The number of rotatable bonds is 7. The van der Waals surface area contributed by atoms with Crippen molar-refractivity contribution in [3.63, 3.8) is 0 Å². The highest BCUT2D eigenvalue weighted by Crippen LogP contribution is 2.08. The van der Waals surface area contributed by atoms with Crippen LogP contribution in [0.1, 0.15) is 13.3 Å². The van der Waals surface area contributed by atoms with Gasteiger partial charge in [0, 0.05) is 25.4 Å². The third-order valence-corrected chi connectivity index (χ3v) is 2.95. The largest absolute Gasteiger partial charge is 0.370 e. The molecule has 0 radical (unpaired) electrons. The van der Waals surface area contributed by atoms with Crippen molar-refractivity contribution in [2.75, 3.05) is 35.7 Å². The maximum absolute atomic E-state index is 10.9. The number of anilines is 2. The Hall–Kier alpha value is -1.37. The summed E-state index contributed by atoms with van der Waals surface area (Å²) in [4.78, 5) is 8.06. The monoisotopic (exact) mass is 258 g/mol. The van der Waals surface area contributed by atoms with Crippen molar-refractivity contribution in [1.29, 1.82) is 0 Å². The lowest BCUT2D eigenvalue weighted by Crippen LogP contribution is -2.15. The van der Waals surface area contributed by atoms with E-state index in [1.54, 1.807) is 6.07 Å². The number of nitrogens with one attached hydrogen (secondary N) is 2. The Morgan fingerprint density at radius 2 is 1.76 bits per heavy atom. The topological polar surface area (TPSA) is 84.0 Å². The molecule has 7 heteroatoms. The van der Waals surface area contributed by atoms with Crippen molar-refractivity contribution in [3.05, 3.63) is 12.4 Å². The van der Waals surface area contributed by atoms with Gasteiger partial charge in [-0.2, -0.15) is 0 Å². The van der Waals surface area contributed by atoms with Gasteiger partial charge < -0.3 is 10.6 Å². The van der Waals surface area contributed by atoms with Crippen molar-refractivity contribution >= 4 is 21.5 Å². The minimum Gasteiger partial charge on any atom is -0.370 e. The molecule has 0 aliphatic carbocycles. The smallest absolute Gasteiger partial charge is 0.149 e. The average molecular weight is 258 g/mol. The van der Waals surface area contributed by atoms with Crippen molar-refractivity contribution in [2.24, 2.45) is 0 Å². The molecule has 0 atom stereocenters. The van der Waals surface area contributed by atoms with E-state index in [1.165, 1.54) is 12.6 Å². The van der Waals surface area contributed by atoms with Crippen molar-refractivity contribution in [3.8, 4) is 0 Å². The van der Waals surface area contributed by atoms with E-state index < -0.39 is 9.84 Å². The third-order valence-electron chi connectivity index (χ3n) is 2.00. The summed E-state index contributed by atoms with van der Waals surface area (Å²) in [5.41, 5.74) is 0. The summed E-state index contributed by atoms with van der Waals surface area (Å²) in [5.74, 6) is 1.46. The van der Waals surface area contributed by atoms with Crippen LogP contribution in [0.3, 0.4) is 0 Å². The molecule has 2 N–H and O–H groups in total. The Morgan fingerprint density at radius 1 is 1.18 bits per heavy atom. The van der Waals surface area contributed by atoms with Gasteiger partial charge in [-0.15, -0.1) is 0 Å². The van der Waals surface area contributed by atoms with Gasteiger partial charge in [0.1, 0.15) is 27.8 Å². The van der Waals surface area contributed by atoms with Gasteiger partial charge in [-0.3, -0.25) is 0 Å². The predicted molar refractivity (Wildman–Crippen MR) is 69.0 cm³/mol. The van der Waals surface area contributed by atoms with Gasteiger partial charge in [-0.25, -0.2) is 18.4 Å². The predicted octanol–water partition coefficient (Wildman–Crippen LogP) is 0.755. The van der Waals surface area contributed by atoms with Gasteiger partial charge in [-0.05, 0) is 6.42 Å². The van der Waals surface area contributed by atoms with E-state index in [1.807, 2.05) is 0 Å². The summed E-state index contributed by atoms with van der Waals surface area (Å²) in [6.07, 6.45) is 3.67. The molecule has 0 amide bonds. The molecule has 0 aromatic carbocycles. The third kappa shape index (κ3) is 6.06. The van der Waals surface area contributed by atoms with Gasteiger partial charge in [0.05, 0.1) is 5.75 Å². The van der Waals surface area contributed by atoms with E-state index in [0.29, 0.717) is 12.4 Å². The molecule has 0 unspecified atom stereocenters. The molecule has 1 rings (SSSR count). The normalized spacial score (nSPS) is 11.2. The van der Waals surface area contributed by atoms with Crippen LogP contribution in [0.15, 0.2) is 12.4 Å². The van der Waals surface area contributed by atoms with E-state index in [4.69, 9.17) is 0 Å². The molecule has 1 aromatic rings. The van der Waals surface area contributed by atoms with Crippen molar-refractivity contribution in [2.45, 2.75) is 13.3 Å². The Labute approximate surface area is 102 Å². The molecular weight excluding hydrogens is 240 g/mol. The summed E-state index contributed by atoms with van der Waals surface area (Å²) in [5, 5.41) is 6.08. The molecular formula is C10H18N4O2S. The highest BCUT2D eigenvalue weighted by molar-refractivity contribution is 7.90. The standard InChI is InChI=1S/C10H18N4O2S/c1-3-4-11-9-7-10(14-8-13-9)12-5-6-17(2,15)16/h7-8H,3-6H2,1-2H3,(H2,11,12,13,14). The molecule has 0 aliphatic heterocycles.